The van der Waals surface area contributed by atoms with Crippen molar-refractivity contribution in [1.29, 1.82) is 5.26 Å². The Morgan fingerprint density at radius 1 is 1.50 bits per heavy atom. The molecular weight excluding hydrogens is 262 g/mol. The van der Waals surface area contributed by atoms with E-state index in [1.54, 1.807) is 12.0 Å². The molecule has 0 bridgehead atoms. The van der Waals surface area contributed by atoms with E-state index in [-0.39, 0.29) is 11.3 Å². The second-order valence-corrected chi connectivity index (χ2v) is 4.01. The van der Waals surface area contributed by atoms with Gasteiger partial charge in [0.25, 0.3) is 5.69 Å². The van der Waals surface area contributed by atoms with Crippen LogP contribution < -0.4 is 4.90 Å². The third-order valence-electron chi connectivity index (χ3n) is 2.75. The van der Waals surface area contributed by atoms with Gasteiger partial charge in [0.15, 0.2) is 6.29 Å². The molecule has 0 aliphatic rings. The van der Waals surface area contributed by atoms with Crippen molar-refractivity contribution in [2.45, 2.75) is 6.42 Å². The molecule has 1 rings (SSSR count). The van der Waals surface area contributed by atoms with Gasteiger partial charge in [0.2, 0.25) is 0 Å². The number of carbonyl (C=O) groups excluding carboxylic acids is 1. The molecule has 0 aliphatic carbocycles. The molecule has 7 heteroatoms. The summed E-state index contributed by atoms with van der Waals surface area (Å²) in [5.74, 6) is 0. The molecule has 0 aromatic heterocycles. The van der Waals surface area contributed by atoms with Crippen molar-refractivity contribution in [3.05, 3.63) is 33.9 Å². The third-order valence-corrected chi connectivity index (χ3v) is 2.75. The van der Waals surface area contributed by atoms with Crippen LogP contribution >= 0.6 is 0 Å². The van der Waals surface area contributed by atoms with Gasteiger partial charge in [-0.15, -0.1) is 0 Å². The van der Waals surface area contributed by atoms with Crippen LogP contribution in [0.1, 0.15) is 16.8 Å². The minimum atomic E-state index is -0.550. The quantitative estimate of drug-likeness (QED) is 0.408. The molecular formula is C13H15N3O4. The lowest BCUT2D eigenvalue weighted by Gasteiger charge is -2.24. The van der Waals surface area contributed by atoms with Crippen LogP contribution in [0.2, 0.25) is 0 Å². The number of nitro benzene ring substituents is 1. The summed E-state index contributed by atoms with van der Waals surface area (Å²) in [6.45, 7) is 1.36. The Labute approximate surface area is 116 Å². The van der Waals surface area contributed by atoms with Crippen LogP contribution in [0.4, 0.5) is 11.4 Å². The van der Waals surface area contributed by atoms with Crippen molar-refractivity contribution in [2.24, 2.45) is 0 Å². The molecule has 0 aliphatic heterocycles. The van der Waals surface area contributed by atoms with Crippen molar-refractivity contribution >= 4 is 17.7 Å². The van der Waals surface area contributed by atoms with Gasteiger partial charge in [0.1, 0.15) is 0 Å². The summed E-state index contributed by atoms with van der Waals surface area (Å²) in [4.78, 5) is 23.1. The van der Waals surface area contributed by atoms with Gasteiger partial charge in [-0.1, -0.05) is 0 Å². The van der Waals surface area contributed by atoms with Crippen LogP contribution in [-0.2, 0) is 4.74 Å². The molecule has 0 fully saturated rings. The minimum absolute atomic E-state index is 0.136. The SMILES string of the molecule is COCCN(CCC#N)c1ccc([N+](=O)[O-])cc1C=O. The molecule has 0 atom stereocenters. The second-order valence-electron chi connectivity index (χ2n) is 4.01. The average molecular weight is 277 g/mol. The van der Waals surface area contributed by atoms with Gasteiger partial charge in [0.05, 0.1) is 24.0 Å². The number of methoxy groups -OCH3 is 1. The highest BCUT2D eigenvalue weighted by atomic mass is 16.6. The lowest BCUT2D eigenvalue weighted by atomic mass is 10.1. The fraction of sp³-hybridized carbons (Fsp3) is 0.385. The van der Waals surface area contributed by atoms with E-state index >= 15 is 0 Å². The third kappa shape index (κ3) is 4.03. The number of hydrogen-bond acceptors (Lipinski definition) is 6. The lowest BCUT2D eigenvalue weighted by molar-refractivity contribution is -0.384. The van der Waals surface area contributed by atoms with E-state index in [1.165, 1.54) is 18.2 Å². The van der Waals surface area contributed by atoms with Crippen molar-refractivity contribution in [2.75, 3.05) is 31.7 Å². The molecule has 0 heterocycles. The largest absolute Gasteiger partial charge is 0.383 e. The van der Waals surface area contributed by atoms with Crippen molar-refractivity contribution in [3.63, 3.8) is 0 Å². The van der Waals surface area contributed by atoms with E-state index in [0.717, 1.165) is 0 Å². The minimum Gasteiger partial charge on any atom is -0.383 e. The van der Waals surface area contributed by atoms with E-state index < -0.39 is 4.92 Å². The summed E-state index contributed by atoms with van der Waals surface area (Å²) in [6.07, 6.45) is 0.869. The molecule has 0 radical (unpaired) electrons. The first-order chi connectivity index (χ1) is 9.63. The highest BCUT2D eigenvalue weighted by Crippen LogP contribution is 2.24. The van der Waals surface area contributed by atoms with Gasteiger partial charge < -0.3 is 9.64 Å². The zero-order valence-electron chi connectivity index (χ0n) is 11.1. The van der Waals surface area contributed by atoms with Crippen molar-refractivity contribution in [3.8, 4) is 6.07 Å². The molecule has 0 unspecified atom stereocenters. The maximum absolute atomic E-state index is 11.1. The smallest absolute Gasteiger partial charge is 0.270 e. The van der Waals surface area contributed by atoms with Crippen LogP contribution in [0.5, 0.6) is 0 Å². The summed E-state index contributed by atoms with van der Waals surface area (Å²) < 4.78 is 4.99. The molecule has 1 aromatic rings. The Morgan fingerprint density at radius 2 is 2.25 bits per heavy atom. The zero-order chi connectivity index (χ0) is 15.0. The standard InChI is InChI=1S/C13H15N3O4/c1-20-8-7-15(6-2-5-14)13-4-3-12(16(18)19)9-11(13)10-17/h3-4,9-10H,2,6-8H2,1H3. The highest BCUT2D eigenvalue weighted by Gasteiger charge is 2.15. The van der Waals surface area contributed by atoms with Gasteiger partial charge in [-0.3, -0.25) is 14.9 Å². The molecule has 1 aromatic carbocycles. The van der Waals surface area contributed by atoms with E-state index in [1.807, 2.05) is 6.07 Å². The summed E-state index contributed by atoms with van der Waals surface area (Å²) >= 11 is 0. The molecule has 20 heavy (non-hydrogen) atoms. The van der Waals surface area contributed by atoms with Crippen LogP contribution in [0.25, 0.3) is 0 Å². The van der Waals surface area contributed by atoms with Gasteiger partial charge in [-0.2, -0.15) is 5.26 Å². The van der Waals surface area contributed by atoms with Crippen LogP contribution in [-0.4, -0.2) is 38.0 Å². The van der Waals surface area contributed by atoms with Crippen LogP contribution in [0, 0.1) is 21.4 Å². The summed E-state index contributed by atoms with van der Waals surface area (Å²) in [5.41, 5.74) is 0.661. The predicted molar refractivity (Wildman–Crippen MR) is 72.8 cm³/mol. The maximum atomic E-state index is 11.1. The van der Waals surface area contributed by atoms with Crippen molar-refractivity contribution < 1.29 is 14.5 Å². The molecule has 0 saturated carbocycles. The highest BCUT2D eigenvalue weighted by molar-refractivity contribution is 5.86. The topological polar surface area (TPSA) is 96.5 Å². The van der Waals surface area contributed by atoms with E-state index in [4.69, 9.17) is 10.00 Å². The number of benzene rings is 1. The molecule has 0 spiro atoms. The summed E-state index contributed by atoms with van der Waals surface area (Å²) in [7, 11) is 1.55. The first-order valence-electron chi connectivity index (χ1n) is 5.98. The molecule has 7 nitrogen and oxygen atoms in total. The maximum Gasteiger partial charge on any atom is 0.270 e. The van der Waals surface area contributed by atoms with Gasteiger partial charge in [-0.25, -0.2) is 0 Å². The number of hydrogen-bond donors (Lipinski definition) is 0. The number of nitro groups is 1. The zero-order valence-corrected chi connectivity index (χ0v) is 11.1. The number of ether oxygens (including phenoxy) is 1. The van der Waals surface area contributed by atoms with E-state index in [9.17, 15) is 14.9 Å². The molecule has 0 saturated heterocycles. The van der Waals surface area contributed by atoms with Gasteiger partial charge in [0, 0.05) is 43.6 Å². The number of anilines is 1. The van der Waals surface area contributed by atoms with Gasteiger partial charge in [-0.05, 0) is 6.07 Å². The van der Waals surface area contributed by atoms with Crippen molar-refractivity contribution in [1.82, 2.24) is 0 Å². The Balaban J connectivity index is 3.07. The predicted octanol–water partition coefficient (Wildman–Crippen LogP) is 1.77. The molecule has 0 N–H and O–H groups in total. The number of carbonyl (C=O) groups is 1. The number of nitriles is 1. The second kappa shape index (κ2) is 7.86. The Morgan fingerprint density at radius 3 is 2.80 bits per heavy atom. The van der Waals surface area contributed by atoms with E-state index in [0.29, 0.717) is 38.1 Å². The first kappa shape index (κ1) is 15.6. The van der Waals surface area contributed by atoms with Crippen LogP contribution in [0.3, 0.4) is 0 Å². The Kier molecular flexibility index (Phi) is 6.13. The summed E-state index contributed by atoms with van der Waals surface area (Å²) in [5, 5.41) is 19.4. The van der Waals surface area contributed by atoms with E-state index in [2.05, 4.69) is 0 Å². The molecule has 106 valence electrons. The number of rotatable bonds is 8. The molecule has 0 amide bonds. The lowest BCUT2D eigenvalue weighted by Crippen LogP contribution is -2.29. The van der Waals surface area contributed by atoms with Crippen LogP contribution in [0.15, 0.2) is 18.2 Å². The fourth-order valence-electron chi connectivity index (χ4n) is 1.78. The Hall–Kier alpha value is -2.46. The number of aldehydes is 1. The number of nitrogens with zero attached hydrogens (tertiary/aromatic N) is 3. The number of non-ortho nitro benzene ring substituents is 1. The average Bonchev–Trinajstić information content (AvgIpc) is 2.47. The van der Waals surface area contributed by atoms with Gasteiger partial charge >= 0.3 is 0 Å². The fourth-order valence-corrected chi connectivity index (χ4v) is 1.78. The Bertz CT molecular complexity index is 525. The first-order valence-corrected chi connectivity index (χ1v) is 5.98. The monoisotopic (exact) mass is 277 g/mol. The normalized spacial score (nSPS) is 9.80. The summed E-state index contributed by atoms with van der Waals surface area (Å²) in [6, 6.07) is 6.13.